The number of hydrogen-bond donors (Lipinski definition) is 2. The predicted octanol–water partition coefficient (Wildman–Crippen LogP) is 2.87. The van der Waals surface area contributed by atoms with E-state index in [0.29, 0.717) is 30.8 Å². The molecule has 2 unspecified atom stereocenters. The van der Waals surface area contributed by atoms with Crippen molar-refractivity contribution < 1.29 is 9.84 Å². The van der Waals surface area contributed by atoms with E-state index < -0.39 is 6.10 Å². The van der Waals surface area contributed by atoms with E-state index in [1.807, 2.05) is 36.4 Å². The number of benzene rings is 2. The molecule has 2 atom stereocenters. The first-order valence-electron chi connectivity index (χ1n) is 7.37. The van der Waals surface area contributed by atoms with Gasteiger partial charge in [-0.05, 0) is 35.6 Å². The third-order valence-corrected chi connectivity index (χ3v) is 4.11. The summed E-state index contributed by atoms with van der Waals surface area (Å²) in [6, 6.07) is 15.3. The molecule has 0 saturated heterocycles. The highest BCUT2D eigenvalue weighted by molar-refractivity contribution is 5.85. The standard InChI is InChI=1S/C18H18N2O2.ClH/c19-10-15-13-6-8-16(20)18(21)14(13)7-9-17(15)22-11-12-4-2-1-3-5-12;/h1-5,7,9,16,18,21H,6,8,11,20H2;1H. The Morgan fingerprint density at radius 1 is 1.22 bits per heavy atom. The zero-order chi connectivity index (χ0) is 15.5. The van der Waals surface area contributed by atoms with Crippen LogP contribution in [0, 0.1) is 11.3 Å². The molecule has 2 aromatic carbocycles. The maximum atomic E-state index is 10.2. The maximum Gasteiger partial charge on any atom is 0.137 e. The number of ether oxygens (including phenoxy) is 1. The van der Waals surface area contributed by atoms with Gasteiger partial charge in [0.1, 0.15) is 18.4 Å². The smallest absolute Gasteiger partial charge is 0.137 e. The molecule has 1 aliphatic carbocycles. The summed E-state index contributed by atoms with van der Waals surface area (Å²) < 4.78 is 5.81. The minimum Gasteiger partial charge on any atom is -0.488 e. The lowest BCUT2D eigenvalue weighted by atomic mass is 9.83. The van der Waals surface area contributed by atoms with Crippen LogP contribution in [0.1, 0.15) is 34.8 Å². The second-order valence-corrected chi connectivity index (χ2v) is 5.54. The molecule has 23 heavy (non-hydrogen) atoms. The number of halogens is 1. The highest BCUT2D eigenvalue weighted by Gasteiger charge is 2.28. The van der Waals surface area contributed by atoms with Crippen LogP contribution in [0.5, 0.6) is 5.75 Å². The van der Waals surface area contributed by atoms with Crippen LogP contribution in [0.2, 0.25) is 0 Å². The summed E-state index contributed by atoms with van der Waals surface area (Å²) in [7, 11) is 0. The summed E-state index contributed by atoms with van der Waals surface area (Å²) in [4.78, 5) is 0. The molecule has 0 aliphatic heterocycles. The third-order valence-electron chi connectivity index (χ3n) is 4.11. The van der Waals surface area contributed by atoms with Crippen LogP contribution in [0.3, 0.4) is 0 Å². The SMILES string of the molecule is Cl.N#Cc1c(OCc2ccccc2)ccc2c1CCC(N)C2O. The van der Waals surface area contributed by atoms with Crippen molar-refractivity contribution in [3.63, 3.8) is 0 Å². The van der Waals surface area contributed by atoms with Crippen LogP contribution in [-0.4, -0.2) is 11.1 Å². The second kappa shape index (κ2) is 7.47. The summed E-state index contributed by atoms with van der Waals surface area (Å²) in [5.41, 5.74) is 9.07. The fraction of sp³-hybridized carbons (Fsp3) is 0.278. The molecule has 4 nitrogen and oxygen atoms in total. The van der Waals surface area contributed by atoms with Crippen LogP contribution < -0.4 is 10.5 Å². The molecule has 1 aliphatic rings. The fourth-order valence-electron chi connectivity index (χ4n) is 2.87. The molecule has 3 rings (SSSR count). The van der Waals surface area contributed by atoms with Gasteiger partial charge in [0.15, 0.2) is 0 Å². The minimum absolute atomic E-state index is 0. The summed E-state index contributed by atoms with van der Waals surface area (Å²) >= 11 is 0. The van der Waals surface area contributed by atoms with Crippen molar-refractivity contribution in [2.24, 2.45) is 5.73 Å². The molecule has 2 aromatic rings. The molecule has 0 heterocycles. The first kappa shape index (κ1) is 17.3. The second-order valence-electron chi connectivity index (χ2n) is 5.54. The molecule has 0 spiro atoms. The van der Waals surface area contributed by atoms with E-state index in [-0.39, 0.29) is 18.4 Å². The Hall–Kier alpha value is -2.06. The van der Waals surface area contributed by atoms with Crippen LogP contribution in [-0.2, 0) is 13.0 Å². The molecule has 0 radical (unpaired) electrons. The first-order valence-corrected chi connectivity index (χ1v) is 7.37. The Kier molecular flexibility index (Phi) is 5.62. The average Bonchev–Trinajstić information content (AvgIpc) is 2.56. The van der Waals surface area contributed by atoms with Crippen molar-refractivity contribution in [2.75, 3.05) is 0 Å². The normalized spacial score (nSPS) is 19.2. The molecular weight excluding hydrogens is 312 g/mol. The lowest BCUT2D eigenvalue weighted by Crippen LogP contribution is -2.33. The quantitative estimate of drug-likeness (QED) is 0.907. The zero-order valence-corrected chi connectivity index (χ0v) is 13.4. The Bertz CT molecular complexity index is 713. The Labute approximate surface area is 141 Å². The predicted molar refractivity (Wildman–Crippen MR) is 90.4 cm³/mol. The first-order chi connectivity index (χ1) is 10.7. The van der Waals surface area contributed by atoms with Gasteiger partial charge in [-0.1, -0.05) is 36.4 Å². The minimum atomic E-state index is -0.709. The van der Waals surface area contributed by atoms with Crippen LogP contribution in [0.25, 0.3) is 0 Å². The highest BCUT2D eigenvalue weighted by atomic mass is 35.5. The molecule has 0 amide bonds. The van der Waals surface area contributed by atoms with Gasteiger partial charge in [-0.25, -0.2) is 0 Å². The van der Waals surface area contributed by atoms with Gasteiger partial charge in [0, 0.05) is 6.04 Å². The molecule has 0 saturated carbocycles. The fourth-order valence-corrected chi connectivity index (χ4v) is 2.87. The van der Waals surface area contributed by atoms with Crippen molar-refractivity contribution in [3.05, 3.63) is 64.7 Å². The van der Waals surface area contributed by atoms with Gasteiger partial charge in [-0.3, -0.25) is 0 Å². The molecule has 0 bridgehead atoms. The molecule has 0 fully saturated rings. The lowest BCUT2D eigenvalue weighted by Gasteiger charge is -2.28. The van der Waals surface area contributed by atoms with Gasteiger partial charge in [0.2, 0.25) is 0 Å². The van der Waals surface area contributed by atoms with Crippen molar-refractivity contribution in [2.45, 2.75) is 31.6 Å². The number of hydrogen-bond acceptors (Lipinski definition) is 4. The van der Waals surface area contributed by atoms with E-state index in [2.05, 4.69) is 6.07 Å². The topological polar surface area (TPSA) is 79.3 Å². The number of aliphatic hydroxyl groups excluding tert-OH is 1. The van der Waals surface area contributed by atoms with E-state index in [1.54, 1.807) is 6.07 Å². The van der Waals surface area contributed by atoms with Gasteiger partial charge in [-0.2, -0.15) is 5.26 Å². The van der Waals surface area contributed by atoms with E-state index in [0.717, 1.165) is 16.7 Å². The van der Waals surface area contributed by atoms with E-state index in [4.69, 9.17) is 10.5 Å². The highest BCUT2D eigenvalue weighted by Crippen LogP contribution is 2.35. The van der Waals surface area contributed by atoms with Crippen molar-refractivity contribution in [1.29, 1.82) is 5.26 Å². The van der Waals surface area contributed by atoms with E-state index in [9.17, 15) is 10.4 Å². The van der Waals surface area contributed by atoms with Gasteiger partial charge in [0.25, 0.3) is 0 Å². The van der Waals surface area contributed by atoms with Crippen LogP contribution >= 0.6 is 12.4 Å². The van der Waals surface area contributed by atoms with Crippen molar-refractivity contribution in [1.82, 2.24) is 0 Å². The number of nitrogens with zero attached hydrogens (tertiary/aromatic N) is 1. The number of fused-ring (bicyclic) bond motifs is 1. The van der Waals surface area contributed by atoms with Crippen LogP contribution in [0.15, 0.2) is 42.5 Å². The Morgan fingerprint density at radius 2 is 1.96 bits per heavy atom. The summed E-state index contributed by atoms with van der Waals surface area (Å²) in [6.45, 7) is 0.413. The van der Waals surface area contributed by atoms with Crippen molar-refractivity contribution >= 4 is 12.4 Å². The average molecular weight is 331 g/mol. The summed E-state index contributed by atoms with van der Waals surface area (Å²) in [5.74, 6) is 0.563. The van der Waals surface area contributed by atoms with E-state index >= 15 is 0 Å². The lowest BCUT2D eigenvalue weighted by molar-refractivity contribution is 0.133. The summed E-state index contributed by atoms with van der Waals surface area (Å²) in [6.07, 6.45) is 0.656. The van der Waals surface area contributed by atoms with Gasteiger partial charge < -0.3 is 15.6 Å². The summed E-state index contributed by atoms with van der Waals surface area (Å²) in [5, 5.41) is 19.7. The number of aliphatic hydroxyl groups is 1. The molecule has 0 aromatic heterocycles. The van der Waals surface area contributed by atoms with Crippen molar-refractivity contribution in [3.8, 4) is 11.8 Å². The number of nitriles is 1. The van der Waals surface area contributed by atoms with Gasteiger partial charge in [-0.15, -0.1) is 12.4 Å². The van der Waals surface area contributed by atoms with E-state index in [1.165, 1.54) is 0 Å². The zero-order valence-electron chi connectivity index (χ0n) is 12.6. The Balaban J connectivity index is 0.00000192. The molecule has 5 heteroatoms. The third kappa shape index (κ3) is 3.48. The maximum absolute atomic E-state index is 10.2. The van der Waals surface area contributed by atoms with Crippen LogP contribution in [0.4, 0.5) is 0 Å². The number of nitrogens with two attached hydrogens (primary N) is 1. The number of rotatable bonds is 3. The molecular formula is C18H19ClN2O2. The Morgan fingerprint density at radius 3 is 2.65 bits per heavy atom. The monoisotopic (exact) mass is 330 g/mol. The molecule has 3 N–H and O–H groups in total. The van der Waals surface area contributed by atoms with Gasteiger partial charge in [0.05, 0.1) is 11.7 Å². The largest absolute Gasteiger partial charge is 0.488 e. The van der Waals surface area contributed by atoms with Gasteiger partial charge >= 0.3 is 0 Å². The molecule has 120 valence electrons.